The summed E-state index contributed by atoms with van der Waals surface area (Å²) < 4.78 is 16.9. The van der Waals surface area contributed by atoms with Crippen LogP contribution < -0.4 is 16.6 Å². The smallest absolute Gasteiger partial charge is 0.326 e. The van der Waals surface area contributed by atoms with Crippen LogP contribution in [0.4, 0.5) is 10.1 Å². The van der Waals surface area contributed by atoms with Gasteiger partial charge in [0.25, 0.3) is 5.56 Å². The Bertz CT molecular complexity index is 1130. The van der Waals surface area contributed by atoms with Gasteiger partial charge in [-0.3, -0.25) is 18.7 Å². The molecule has 0 saturated heterocycles. The third-order valence-electron chi connectivity index (χ3n) is 4.11. The minimum Gasteiger partial charge on any atom is -0.326 e. The van der Waals surface area contributed by atoms with Crippen molar-refractivity contribution >= 4 is 34.5 Å². The maximum atomic E-state index is 12.9. The highest BCUT2D eigenvalue weighted by molar-refractivity contribution is 7.99. The van der Waals surface area contributed by atoms with Crippen molar-refractivity contribution in [3.05, 3.63) is 50.9 Å². The zero-order valence-electron chi connectivity index (χ0n) is 15.0. The number of rotatable bonds is 5. The predicted octanol–water partition coefficient (Wildman–Crippen LogP) is 1.23. The molecule has 1 amide bonds. The summed E-state index contributed by atoms with van der Waals surface area (Å²) in [5, 5.41) is 3.22. The predicted molar refractivity (Wildman–Crippen MR) is 102 cm³/mol. The summed E-state index contributed by atoms with van der Waals surface area (Å²) in [6.07, 6.45) is 0.211. The van der Waals surface area contributed by atoms with E-state index in [2.05, 4.69) is 10.3 Å². The van der Waals surface area contributed by atoms with Crippen LogP contribution in [0.15, 0.2) is 39.0 Å². The van der Waals surface area contributed by atoms with Crippen molar-refractivity contribution < 1.29 is 9.18 Å². The number of aromatic nitrogens is 4. The minimum atomic E-state index is -0.454. The second kappa shape index (κ2) is 7.39. The van der Waals surface area contributed by atoms with Gasteiger partial charge in [-0.1, -0.05) is 11.8 Å². The monoisotopic (exact) mass is 391 g/mol. The summed E-state index contributed by atoms with van der Waals surface area (Å²) in [5.41, 5.74) is 0.282. The number of anilines is 1. The molecule has 2 heterocycles. The van der Waals surface area contributed by atoms with Crippen molar-refractivity contribution in [2.24, 2.45) is 21.1 Å². The molecule has 0 radical (unpaired) electrons. The first-order chi connectivity index (χ1) is 12.8. The molecule has 0 aliphatic carbocycles. The number of nitrogens with zero attached hydrogens (tertiary/aromatic N) is 4. The Kier molecular flexibility index (Phi) is 5.17. The van der Waals surface area contributed by atoms with Crippen molar-refractivity contribution in [2.45, 2.75) is 11.6 Å². The van der Waals surface area contributed by atoms with Crippen molar-refractivity contribution in [3.63, 3.8) is 0 Å². The Morgan fingerprint density at radius 1 is 1.11 bits per heavy atom. The highest BCUT2D eigenvalue weighted by atomic mass is 32.2. The first kappa shape index (κ1) is 18.9. The third-order valence-corrected chi connectivity index (χ3v) is 5.14. The van der Waals surface area contributed by atoms with Gasteiger partial charge >= 0.3 is 5.69 Å². The molecule has 0 aliphatic rings. The second-order valence-corrected chi connectivity index (χ2v) is 7.05. The topological polar surface area (TPSA) is 90.9 Å². The van der Waals surface area contributed by atoms with E-state index >= 15 is 0 Å². The van der Waals surface area contributed by atoms with Crippen LogP contribution in [0.2, 0.25) is 0 Å². The third kappa shape index (κ3) is 3.65. The number of benzene rings is 1. The van der Waals surface area contributed by atoms with Crippen LogP contribution in [-0.4, -0.2) is 30.3 Å². The van der Waals surface area contributed by atoms with Crippen molar-refractivity contribution in [1.82, 2.24) is 18.7 Å². The van der Waals surface area contributed by atoms with Gasteiger partial charge in [0.1, 0.15) is 5.82 Å². The van der Waals surface area contributed by atoms with Gasteiger partial charge in [0.05, 0.1) is 0 Å². The van der Waals surface area contributed by atoms with E-state index in [-0.39, 0.29) is 23.7 Å². The average molecular weight is 391 g/mol. The van der Waals surface area contributed by atoms with Crippen LogP contribution in [0.25, 0.3) is 11.2 Å². The number of carbonyl (C=O) groups excluding carboxylic acids is 1. The molecule has 0 bridgehead atoms. The lowest BCUT2D eigenvalue weighted by molar-refractivity contribution is -0.115. The molecule has 1 aromatic carbocycles. The van der Waals surface area contributed by atoms with Crippen LogP contribution in [0.3, 0.4) is 0 Å². The van der Waals surface area contributed by atoms with Crippen LogP contribution in [0, 0.1) is 5.82 Å². The van der Waals surface area contributed by atoms with E-state index in [4.69, 9.17) is 0 Å². The first-order valence-corrected chi connectivity index (χ1v) is 9.09. The van der Waals surface area contributed by atoms with E-state index in [1.807, 2.05) is 0 Å². The number of hydrogen-bond donors (Lipinski definition) is 1. The van der Waals surface area contributed by atoms with Crippen molar-refractivity contribution in [3.8, 4) is 0 Å². The molecular formula is C17H18FN5O3S. The van der Waals surface area contributed by atoms with Crippen LogP contribution >= 0.6 is 11.8 Å². The van der Waals surface area contributed by atoms with Gasteiger partial charge in [-0.05, 0) is 24.3 Å². The fourth-order valence-electron chi connectivity index (χ4n) is 2.68. The molecule has 1 N–H and O–H groups in total. The minimum absolute atomic E-state index is 0.209. The summed E-state index contributed by atoms with van der Waals surface area (Å²) in [4.78, 5) is 40.6. The number of carbonyl (C=O) groups is 1. The maximum Gasteiger partial charge on any atom is 0.332 e. The molecule has 0 spiro atoms. The lowest BCUT2D eigenvalue weighted by atomic mass is 10.3. The zero-order valence-corrected chi connectivity index (χ0v) is 15.8. The van der Waals surface area contributed by atoms with E-state index < -0.39 is 11.2 Å². The lowest BCUT2D eigenvalue weighted by Gasteiger charge is -2.06. The molecule has 0 unspecified atom stereocenters. The fourth-order valence-corrected chi connectivity index (χ4v) is 3.59. The molecule has 3 rings (SSSR count). The van der Waals surface area contributed by atoms with E-state index in [0.29, 0.717) is 22.2 Å². The van der Waals surface area contributed by atoms with Crippen LogP contribution in [0.5, 0.6) is 0 Å². The Morgan fingerprint density at radius 3 is 2.44 bits per heavy atom. The fraction of sp³-hybridized carbons (Fsp3) is 0.294. The van der Waals surface area contributed by atoms with Gasteiger partial charge in [0.2, 0.25) is 5.91 Å². The van der Waals surface area contributed by atoms with Gasteiger partial charge in [0, 0.05) is 39.0 Å². The molecule has 8 nitrogen and oxygen atoms in total. The number of imidazole rings is 1. The van der Waals surface area contributed by atoms with Crippen LogP contribution in [0.1, 0.15) is 6.42 Å². The van der Waals surface area contributed by atoms with Gasteiger partial charge in [-0.25, -0.2) is 14.2 Å². The molecule has 10 heteroatoms. The average Bonchev–Trinajstić information content (AvgIpc) is 2.97. The lowest BCUT2D eigenvalue weighted by Crippen LogP contribution is -2.37. The Hall–Kier alpha value is -2.88. The maximum absolute atomic E-state index is 12.9. The molecule has 2 aromatic heterocycles. The number of halogens is 1. The first-order valence-electron chi connectivity index (χ1n) is 8.10. The summed E-state index contributed by atoms with van der Waals surface area (Å²) in [6.45, 7) is 0. The quantitative estimate of drug-likeness (QED) is 0.661. The largest absolute Gasteiger partial charge is 0.332 e. The summed E-state index contributed by atoms with van der Waals surface area (Å²) >= 11 is 1.31. The SMILES string of the molecule is Cn1c(=O)c2nc(SCCC(=O)Nc3ccc(F)cc3)n(C)c2n(C)c1=O. The molecule has 0 saturated carbocycles. The summed E-state index contributed by atoms with van der Waals surface area (Å²) in [6, 6.07) is 5.52. The number of thioether (sulfide) groups is 1. The van der Waals surface area contributed by atoms with Gasteiger partial charge in [0.15, 0.2) is 16.3 Å². The van der Waals surface area contributed by atoms with Gasteiger partial charge in [-0.2, -0.15) is 0 Å². The number of fused-ring (bicyclic) bond motifs is 1. The summed E-state index contributed by atoms with van der Waals surface area (Å²) in [7, 11) is 4.71. The molecular weight excluding hydrogens is 373 g/mol. The highest BCUT2D eigenvalue weighted by Gasteiger charge is 2.17. The number of amides is 1. The van der Waals surface area contributed by atoms with E-state index in [0.717, 1.165) is 4.57 Å². The molecule has 0 aliphatic heterocycles. The Labute approximate surface area is 157 Å². The number of nitrogens with one attached hydrogen (secondary N) is 1. The van der Waals surface area contributed by atoms with Crippen LogP contribution in [-0.2, 0) is 25.9 Å². The van der Waals surface area contributed by atoms with Gasteiger partial charge in [-0.15, -0.1) is 0 Å². The number of aryl methyl sites for hydroxylation is 2. The molecule has 142 valence electrons. The van der Waals surface area contributed by atoms with Crippen molar-refractivity contribution in [1.29, 1.82) is 0 Å². The van der Waals surface area contributed by atoms with E-state index in [1.165, 1.54) is 47.6 Å². The zero-order chi connectivity index (χ0) is 19.7. The number of hydrogen-bond acceptors (Lipinski definition) is 5. The van der Waals surface area contributed by atoms with Crippen molar-refractivity contribution in [2.75, 3.05) is 11.1 Å². The van der Waals surface area contributed by atoms with E-state index in [1.54, 1.807) is 18.7 Å². The standard InChI is InChI=1S/C17H18FN5O3S/c1-21-14-13(15(25)23(3)17(26)22(14)2)20-16(21)27-9-8-12(24)19-11-6-4-10(18)5-7-11/h4-7H,8-9H2,1-3H3,(H,19,24). The summed E-state index contributed by atoms with van der Waals surface area (Å²) in [5.74, 6) is -0.152. The molecule has 27 heavy (non-hydrogen) atoms. The second-order valence-electron chi connectivity index (χ2n) is 5.98. The molecule has 3 aromatic rings. The highest BCUT2D eigenvalue weighted by Crippen LogP contribution is 2.21. The molecule has 0 atom stereocenters. The normalized spacial score (nSPS) is 11.1. The van der Waals surface area contributed by atoms with Gasteiger partial charge < -0.3 is 9.88 Å². The van der Waals surface area contributed by atoms with E-state index in [9.17, 15) is 18.8 Å². The molecule has 0 fully saturated rings. The Balaban J connectivity index is 1.71. The Morgan fingerprint density at radius 2 is 1.78 bits per heavy atom.